The summed E-state index contributed by atoms with van der Waals surface area (Å²) in [4.78, 5) is 24.5. The quantitative estimate of drug-likeness (QED) is 0.748. The molecule has 2 rings (SSSR count). The maximum absolute atomic E-state index is 12.6. The van der Waals surface area contributed by atoms with E-state index in [1.165, 1.54) is 24.4 Å². The molecule has 0 unspecified atom stereocenters. The number of ether oxygens (including phenoxy) is 1. The van der Waals surface area contributed by atoms with Crippen LogP contribution in [0.4, 0.5) is 0 Å². The zero-order valence-electron chi connectivity index (χ0n) is 11.7. The molecule has 2 heterocycles. The minimum Gasteiger partial charge on any atom is -0.465 e. The van der Waals surface area contributed by atoms with E-state index in [9.17, 15) is 18.0 Å². The van der Waals surface area contributed by atoms with Crippen molar-refractivity contribution in [2.75, 3.05) is 33.3 Å². The van der Waals surface area contributed by atoms with Crippen LogP contribution >= 0.6 is 11.3 Å². The molecule has 21 heavy (non-hydrogen) atoms. The number of nitrogens with zero attached hydrogens (tertiary/aromatic N) is 2. The van der Waals surface area contributed by atoms with E-state index in [1.54, 1.807) is 10.3 Å². The highest BCUT2D eigenvalue weighted by Gasteiger charge is 2.33. The van der Waals surface area contributed by atoms with Crippen molar-refractivity contribution < 1.29 is 22.7 Å². The fourth-order valence-corrected chi connectivity index (χ4v) is 4.85. The average Bonchev–Trinajstić information content (AvgIpc) is 2.96. The molecule has 0 bridgehead atoms. The smallest absolute Gasteiger partial charge is 0.349 e. The third-order valence-electron chi connectivity index (χ3n) is 3.30. The molecule has 0 aliphatic carbocycles. The number of amides is 1. The van der Waals surface area contributed by atoms with Crippen molar-refractivity contribution in [2.45, 2.75) is 11.8 Å². The zero-order valence-corrected chi connectivity index (χ0v) is 13.4. The molecule has 0 saturated carbocycles. The Bertz CT molecular complexity index is 644. The second kappa shape index (κ2) is 6.12. The second-order valence-electron chi connectivity index (χ2n) is 4.52. The number of methoxy groups -OCH3 is 1. The van der Waals surface area contributed by atoms with Crippen LogP contribution < -0.4 is 0 Å². The van der Waals surface area contributed by atoms with E-state index >= 15 is 0 Å². The van der Waals surface area contributed by atoms with Gasteiger partial charge in [0.2, 0.25) is 15.9 Å². The highest BCUT2D eigenvalue weighted by atomic mass is 32.2. The van der Waals surface area contributed by atoms with Crippen molar-refractivity contribution in [3.8, 4) is 0 Å². The van der Waals surface area contributed by atoms with Crippen LogP contribution in [0.25, 0.3) is 0 Å². The van der Waals surface area contributed by atoms with E-state index in [-0.39, 0.29) is 28.8 Å². The van der Waals surface area contributed by atoms with Crippen molar-refractivity contribution in [2.24, 2.45) is 0 Å². The number of hydrogen-bond donors (Lipinski definition) is 0. The van der Waals surface area contributed by atoms with Gasteiger partial charge in [0.15, 0.2) is 0 Å². The van der Waals surface area contributed by atoms with Gasteiger partial charge in [0.1, 0.15) is 9.77 Å². The van der Waals surface area contributed by atoms with Gasteiger partial charge in [0.25, 0.3) is 0 Å². The average molecular weight is 332 g/mol. The maximum Gasteiger partial charge on any atom is 0.349 e. The largest absolute Gasteiger partial charge is 0.465 e. The van der Waals surface area contributed by atoms with Gasteiger partial charge in [0.05, 0.1) is 7.11 Å². The first-order valence-electron chi connectivity index (χ1n) is 6.29. The molecule has 1 aliphatic heterocycles. The SMILES string of the molecule is COC(=O)c1sccc1S(=O)(=O)N1CCN(C(C)=O)CC1. The van der Waals surface area contributed by atoms with E-state index in [0.29, 0.717) is 13.1 Å². The summed E-state index contributed by atoms with van der Waals surface area (Å²) in [6, 6.07) is 1.41. The number of thiophene rings is 1. The van der Waals surface area contributed by atoms with E-state index < -0.39 is 16.0 Å². The van der Waals surface area contributed by atoms with Crippen molar-refractivity contribution in [3.05, 3.63) is 16.3 Å². The number of piperazine rings is 1. The monoisotopic (exact) mass is 332 g/mol. The molecular formula is C12H16N2O5S2. The molecule has 1 fully saturated rings. The third kappa shape index (κ3) is 3.09. The number of carbonyl (C=O) groups is 2. The highest BCUT2D eigenvalue weighted by molar-refractivity contribution is 7.89. The summed E-state index contributed by atoms with van der Waals surface area (Å²) < 4.78 is 31.1. The lowest BCUT2D eigenvalue weighted by molar-refractivity contribution is -0.129. The molecule has 0 radical (unpaired) electrons. The maximum atomic E-state index is 12.6. The lowest BCUT2D eigenvalue weighted by Gasteiger charge is -2.33. The third-order valence-corrected chi connectivity index (χ3v) is 6.27. The molecule has 0 spiro atoms. The highest BCUT2D eigenvalue weighted by Crippen LogP contribution is 2.26. The topological polar surface area (TPSA) is 84.0 Å². The summed E-state index contributed by atoms with van der Waals surface area (Å²) in [5.41, 5.74) is 0. The van der Waals surface area contributed by atoms with Crippen LogP contribution in [0.5, 0.6) is 0 Å². The van der Waals surface area contributed by atoms with Crippen LogP contribution in [0, 0.1) is 0 Å². The predicted molar refractivity (Wildman–Crippen MR) is 76.7 cm³/mol. The molecule has 7 nitrogen and oxygen atoms in total. The lowest BCUT2D eigenvalue weighted by Crippen LogP contribution is -2.50. The zero-order chi connectivity index (χ0) is 15.6. The summed E-state index contributed by atoms with van der Waals surface area (Å²) in [5.74, 6) is -0.733. The van der Waals surface area contributed by atoms with E-state index in [4.69, 9.17) is 0 Å². The van der Waals surface area contributed by atoms with Gasteiger partial charge in [0, 0.05) is 33.1 Å². The number of esters is 1. The standard InChI is InChI=1S/C12H16N2O5S2/c1-9(15)13-4-6-14(7-5-13)21(17,18)10-3-8-20-11(10)12(16)19-2/h3,8H,4-7H2,1-2H3. The minimum atomic E-state index is -3.75. The van der Waals surface area contributed by atoms with Gasteiger partial charge in [-0.25, -0.2) is 13.2 Å². The number of hydrogen-bond acceptors (Lipinski definition) is 6. The lowest BCUT2D eigenvalue weighted by atomic mass is 10.3. The van der Waals surface area contributed by atoms with Crippen LogP contribution in [-0.4, -0.2) is 62.8 Å². The van der Waals surface area contributed by atoms with Crippen LogP contribution in [0.15, 0.2) is 16.3 Å². The molecule has 1 aromatic heterocycles. The Balaban J connectivity index is 2.22. The van der Waals surface area contributed by atoms with Crippen molar-refractivity contribution in [3.63, 3.8) is 0 Å². The molecule has 116 valence electrons. The Kier molecular flexibility index (Phi) is 4.64. The van der Waals surface area contributed by atoms with Crippen LogP contribution in [0.1, 0.15) is 16.6 Å². The van der Waals surface area contributed by atoms with Crippen LogP contribution in [0.2, 0.25) is 0 Å². The summed E-state index contributed by atoms with van der Waals surface area (Å²) >= 11 is 1.03. The van der Waals surface area contributed by atoms with Gasteiger partial charge in [-0.3, -0.25) is 4.79 Å². The number of sulfonamides is 1. The van der Waals surface area contributed by atoms with E-state index in [1.807, 2.05) is 0 Å². The Morgan fingerprint density at radius 2 is 1.86 bits per heavy atom. The summed E-state index contributed by atoms with van der Waals surface area (Å²) in [6.07, 6.45) is 0. The Morgan fingerprint density at radius 3 is 2.38 bits per heavy atom. The number of carbonyl (C=O) groups excluding carboxylic acids is 2. The van der Waals surface area contributed by atoms with Crippen molar-refractivity contribution >= 4 is 33.2 Å². The first kappa shape index (κ1) is 15.9. The van der Waals surface area contributed by atoms with Crippen molar-refractivity contribution in [1.29, 1.82) is 0 Å². The van der Waals surface area contributed by atoms with Gasteiger partial charge in [-0.15, -0.1) is 11.3 Å². The summed E-state index contributed by atoms with van der Waals surface area (Å²) in [5, 5.41) is 1.55. The van der Waals surface area contributed by atoms with Crippen LogP contribution in [-0.2, 0) is 19.6 Å². The molecule has 0 aromatic carbocycles. The molecular weight excluding hydrogens is 316 g/mol. The van der Waals surface area contributed by atoms with Crippen LogP contribution in [0.3, 0.4) is 0 Å². The summed E-state index contributed by atoms with van der Waals surface area (Å²) in [6.45, 7) is 2.60. The van der Waals surface area contributed by atoms with Crippen molar-refractivity contribution in [1.82, 2.24) is 9.21 Å². The van der Waals surface area contributed by atoms with Gasteiger partial charge >= 0.3 is 5.97 Å². The fourth-order valence-electron chi connectivity index (χ4n) is 2.12. The van der Waals surface area contributed by atoms with E-state index in [2.05, 4.69) is 4.74 Å². The van der Waals surface area contributed by atoms with Gasteiger partial charge < -0.3 is 9.64 Å². The van der Waals surface area contributed by atoms with Gasteiger partial charge in [-0.1, -0.05) is 0 Å². The minimum absolute atomic E-state index is 0.0318. The molecule has 0 N–H and O–H groups in total. The summed E-state index contributed by atoms with van der Waals surface area (Å²) in [7, 11) is -2.54. The molecule has 0 atom stereocenters. The first-order valence-corrected chi connectivity index (χ1v) is 8.61. The molecule has 1 amide bonds. The Labute approximate surface area is 127 Å². The molecule has 9 heteroatoms. The Hall–Kier alpha value is -1.45. The normalized spacial score (nSPS) is 16.8. The number of rotatable bonds is 3. The Morgan fingerprint density at radius 1 is 1.24 bits per heavy atom. The second-order valence-corrected chi connectivity index (χ2v) is 7.34. The molecule has 1 saturated heterocycles. The fraction of sp³-hybridized carbons (Fsp3) is 0.500. The molecule has 1 aliphatic rings. The molecule has 1 aromatic rings. The van der Waals surface area contributed by atoms with Gasteiger partial charge in [-0.05, 0) is 11.4 Å². The van der Waals surface area contributed by atoms with Gasteiger partial charge in [-0.2, -0.15) is 4.31 Å². The van der Waals surface area contributed by atoms with E-state index in [0.717, 1.165) is 11.3 Å². The predicted octanol–water partition coefficient (Wildman–Crippen LogP) is 0.388. The first-order chi connectivity index (χ1) is 9.87.